The fourth-order valence-electron chi connectivity index (χ4n) is 1.74. The predicted octanol–water partition coefficient (Wildman–Crippen LogP) is 4.23. The van der Waals surface area contributed by atoms with E-state index in [1.165, 1.54) is 12.1 Å². The van der Waals surface area contributed by atoms with E-state index in [1.54, 1.807) is 12.1 Å². The van der Waals surface area contributed by atoms with Crippen molar-refractivity contribution in [3.05, 3.63) is 35.4 Å². The Kier molecular flexibility index (Phi) is 6.33. The zero-order chi connectivity index (χ0) is 15.2. The van der Waals surface area contributed by atoms with E-state index in [1.807, 2.05) is 6.92 Å². The molecule has 0 radical (unpaired) electrons. The van der Waals surface area contributed by atoms with Crippen LogP contribution >= 0.6 is 11.6 Å². The molecular weight excluding hydrogens is 291 g/mol. The zero-order valence-electron chi connectivity index (χ0n) is 11.2. The van der Waals surface area contributed by atoms with Crippen LogP contribution in [0.15, 0.2) is 24.3 Å². The van der Waals surface area contributed by atoms with Gasteiger partial charge in [0.05, 0.1) is 0 Å². The molecule has 0 aliphatic rings. The van der Waals surface area contributed by atoms with E-state index in [4.69, 9.17) is 11.6 Å². The molecule has 0 aliphatic heterocycles. The predicted molar refractivity (Wildman–Crippen MR) is 72.9 cm³/mol. The van der Waals surface area contributed by atoms with Crippen LogP contribution in [0.25, 0.3) is 0 Å². The molecule has 1 aromatic carbocycles. The van der Waals surface area contributed by atoms with Gasteiger partial charge in [-0.05, 0) is 24.1 Å². The molecule has 1 amide bonds. The first-order chi connectivity index (χ1) is 9.37. The maximum Gasteiger partial charge on any atom is 0.406 e. The van der Waals surface area contributed by atoms with Gasteiger partial charge in [-0.25, -0.2) is 0 Å². The van der Waals surface area contributed by atoms with Gasteiger partial charge in [0.2, 0.25) is 0 Å². The highest BCUT2D eigenvalue weighted by Gasteiger charge is 2.33. The molecule has 0 saturated carbocycles. The maximum atomic E-state index is 12.5. The highest BCUT2D eigenvalue weighted by Crippen LogP contribution is 2.19. The van der Waals surface area contributed by atoms with Crippen LogP contribution in [0.3, 0.4) is 0 Å². The molecule has 2 nitrogen and oxygen atoms in total. The summed E-state index contributed by atoms with van der Waals surface area (Å²) >= 11 is 5.63. The van der Waals surface area contributed by atoms with Gasteiger partial charge in [-0.1, -0.05) is 25.5 Å². The third-order valence-corrected chi connectivity index (χ3v) is 3.10. The third kappa shape index (κ3) is 5.41. The number of carbonyl (C=O) groups is 1. The van der Waals surface area contributed by atoms with E-state index in [-0.39, 0.29) is 12.1 Å². The van der Waals surface area contributed by atoms with Gasteiger partial charge in [0.1, 0.15) is 6.54 Å². The van der Waals surface area contributed by atoms with Crippen molar-refractivity contribution in [2.75, 3.05) is 13.1 Å². The minimum absolute atomic E-state index is 0.103. The second kappa shape index (κ2) is 7.53. The van der Waals surface area contributed by atoms with Crippen molar-refractivity contribution < 1.29 is 18.0 Å². The number of halogens is 4. The van der Waals surface area contributed by atoms with Crippen LogP contribution < -0.4 is 0 Å². The molecule has 0 unspecified atom stereocenters. The van der Waals surface area contributed by atoms with Gasteiger partial charge in [-0.15, -0.1) is 11.6 Å². The van der Waals surface area contributed by atoms with Gasteiger partial charge in [0.25, 0.3) is 5.91 Å². The summed E-state index contributed by atoms with van der Waals surface area (Å²) in [6, 6.07) is 6.31. The molecule has 6 heteroatoms. The maximum absolute atomic E-state index is 12.5. The van der Waals surface area contributed by atoms with Crippen molar-refractivity contribution in [2.24, 2.45) is 0 Å². The van der Waals surface area contributed by atoms with Gasteiger partial charge >= 0.3 is 6.18 Å². The van der Waals surface area contributed by atoms with Crippen LogP contribution in [0.5, 0.6) is 0 Å². The molecule has 0 N–H and O–H groups in total. The highest BCUT2D eigenvalue weighted by molar-refractivity contribution is 6.17. The van der Waals surface area contributed by atoms with Crippen molar-refractivity contribution in [1.82, 2.24) is 4.90 Å². The Balaban J connectivity index is 2.84. The molecular formula is C14H17ClF3NO. The Bertz CT molecular complexity index is 431. The second-order valence-corrected chi connectivity index (χ2v) is 4.79. The van der Waals surface area contributed by atoms with Crippen molar-refractivity contribution in [1.29, 1.82) is 0 Å². The minimum atomic E-state index is -4.39. The van der Waals surface area contributed by atoms with Crippen molar-refractivity contribution >= 4 is 17.5 Å². The molecule has 20 heavy (non-hydrogen) atoms. The zero-order valence-corrected chi connectivity index (χ0v) is 12.0. The lowest BCUT2D eigenvalue weighted by molar-refractivity contribution is -0.140. The van der Waals surface area contributed by atoms with E-state index in [2.05, 4.69) is 0 Å². The number of rotatable bonds is 6. The van der Waals surface area contributed by atoms with Gasteiger partial charge in [-0.3, -0.25) is 4.79 Å². The number of benzene rings is 1. The van der Waals surface area contributed by atoms with Crippen LogP contribution in [0, 0.1) is 0 Å². The van der Waals surface area contributed by atoms with E-state index >= 15 is 0 Å². The van der Waals surface area contributed by atoms with E-state index in [9.17, 15) is 18.0 Å². The average molecular weight is 308 g/mol. The average Bonchev–Trinajstić information content (AvgIpc) is 2.41. The number of hydrogen-bond donors (Lipinski definition) is 0. The molecule has 1 aromatic rings. The summed E-state index contributed by atoms with van der Waals surface area (Å²) in [5, 5.41) is 0. The van der Waals surface area contributed by atoms with Crippen molar-refractivity contribution in [2.45, 2.75) is 31.8 Å². The lowest BCUT2D eigenvalue weighted by Gasteiger charge is -2.24. The van der Waals surface area contributed by atoms with Gasteiger partial charge in [-0.2, -0.15) is 13.2 Å². The monoisotopic (exact) mass is 307 g/mol. The number of nitrogens with zero attached hydrogens (tertiary/aromatic N) is 1. The van der Waals surface area contributed by atoms with E-state index in [0.717, 1.165) is 16.9 Å². The molecule has 0 bridgehead atoms. The highest BCUT2D eigenvalue weighted by atomic mass is 35.5. The quantitative estimate of drug-likeness (QED) is 0.720. The molecule has 112 valence electrons. The number of carbonyl (C=O) groups excluding carboxylic acids is 1. The molecule has 0 aliphatic carbocycles. The van der Waals surface area contributed by atoms with Crippen molar-refractivity contribution in [3.63, 3.8) is 0 Å². The molecule has 0 heterocycles. The summed E-state index contributed by atoms with van der Waals surface area (Å²) < 4.78 is 37.5. The molecule has 0 fully saturated rings. The largest absolute Gasteiger partial charge is 0.406 e. The summed E-state index contributed by atoms with van der Waals surface area (Å²) in [6.07, 6.45) is -3.12. The van der Waals surface area contributed by atoms with Crippen LogP contribution in [-0.4, -0.2) is 30.1 Å². The van der Waals surface area contributed by atoms with Crippen LogP contribution in [0.4, 0.5) is 13.2 Å². The smallest absolute Gasteiger partial charge is 0.330 e. The third-order valence-electron chi connectivity index (χ3n) is 2.79. The summed E-state index contributed by atoms with van der Waals surface area (Å²) in [6.45, 7) is 0.751. The molecule has 0 saturated heterocycles. The Hall–Kier alpha value is -1.23. The summed E-state index contributed by atoms with van der Waals surface area (Å²) in [7, 11) is 0. The standard InChI is InChI=1S/C14H17ClF3NO/c1-2-3-8-19(10-14(16,17)18)13(20)12-6-4-11(9-15)5-7-12/h4-7H,2-3,8-10H2,1H3. The van der Waals surface area contributed by atoms with Crippen LogP contribution in [0.1, 0.15) is 35.7 Å². The Morgan fingerprint density at radius 2 is 1.85 bits per heavy atom. The number of unbranched alkanes of at least 4 members (excludes halogenated alkanes) is 1. The topological polar surface area (TPSA) is 20.3 Å². The first kappa shape index (κ1) is 16.8. The first-order valence-corrected chi connectivity index (χ1v) is 6.91. The molecule has 1 rings (SSSR count). The minimum Gasteiger partial charge on any atom is -0.330 e. The summed E-state index contributed by atoms with van der Waals surface area (Å²) in [5.74, 6) is -0.298. The second-order valence-electron chi connectivity index (χ2n) is 4.53. The lowest BCUT2D eigenvalue weighted by Crippen LogP contribution is -2.39. The van der Waals surface area contributed by atoms with Gasteiger partial charge in [0, 0.05) is 18.0 Å². The first-order valence-electron chi connectivity index (χ1n) is 6.38. The van der Waals surface area contributed by atoms with Gasteiger partial charge < -0.3 is 4.90 Å². The fraction of sp³-hybridized carbons (Fsp3) is 0.500. The van der Waals surface area contributed by atoms with E-state index < -0.39 is 18.6 Å². The lowest BCUT2D eigenvalue weighted by atomic mass is 10.1. The fourth-order valence-corrected chi connectivity index (χ4v) is 1.91. The van der Waals surface area contributed by atoms with Crippen LogP contribution in [0.2, 0.25) is 0 Å². The Labute approximate surface area is 121 Å². The Morgan fingerprint density at radius 3 is 2.30 bits per heavy atom. The van der Waals surface area contributed by atoms with E-state index in [0.29, 0.717) is 12.3 Å². The summed E-state index contributed by atoms with van der Waals surface area (Å²) in [4.78, 5) is 13.0. The molecule has 0 atom stereocenters. The molecule has 0 aromatic heterocycles. The SMILES string of the molecule is CCCCN(CC(F)(F)F)C(=O)c1ccc(CCl)cc1. The normalized spacial score (nSPS) is 11.4. The number of alkyl halides is 4. The summed E-state index contributed by atoms with van der Waals surface area (Å²) in [5.41, 5.74) is 1.07. The number of hydrogen-bond acceptors (Lipinski definition) is 1. The Morgan fingerprint density at radius 1 is 1.25 bits per heavy atom. The van der Waals surface area contributed by atoms with Crippen LogP contribution in [-0.2, 0) is 5.88 Å². The number of amides is 1. The van der Waals surface area contributed by atoms with Crippen molar-refractivity contribution in [3.8, 4) is 0 Å². The van der Waals surface area contributed by atoms with Gasteiger partial charge in [0.15, 0.2) is 0 Å². The molecule has 0 spiro atoms.